The first kappa shape index (κ1) is 17.9. The lowest BCUT2D eigenvalue weighted by Gasteiger charge is -2.23. The zero-order valence-electron chi connectivity index (χ0n) is 16.3. The van der Waals surface area contributed by atoms with Crippen LogP contribution < -0.4 is 0 Å². The van der Waals surface area contributed by atoms with E-state index < -0.39 is 0 Å². The monoisotopic (exact) mass is 374 g/mol. The molecule has 3 heterocycles. The number of hydrogen-bond acceptors (Lipinski definition) is 4. The Morgan fingerprint density at radius 3 is 2.68 bits per heavy atom. The molecule has 7 heteroatoms. The third kappa shape index (κ3) is 3.05. The third-order valence-electron chi connectivity index (χ3n) is 5.03. The SMILES string of the molecule is Cc1cc(C)n2ncc(C(=O)N(C)C(C)c3cc(-c4ccccc4)n[nH]3)c2n1. The molecule has 28 heavy (non-hydrogen) atoms. The molecule has 1 unspecified atom stereocenters. The zero-order chi connectivity index (χ0) is 19.8. The maximum atomic E-state index is 13.1. The largest absolute Gasteiger partial charge is 0.333 e. The van der Waals surface area contributed by atoms with Gasteiger partial charge in [-0.1, -0.05) is 30.3 Å². The van der Waals surface area contributed by atoms with E-state index in [-0.39, 0.29) is 11.9 Å². The summed E-state index contributed by atoms with van der Waals surface area (Å²) in [5, 5.41) is 11.8. The van der Waals surface area contributed by atoms with E-state index >= 15 is 0 Å². The fraction of sp³-hybridized carbons (Fsp3) is 0.238. The topological polar surface area (TPSA) is 79.2 Å². The van der Waals surface area contributed by atoms with Crippen LogP contribution in [0.2, 0.25) is 0 Å². The molecular weight excluding hydrogens is 352 g/mol. The molecule has 0 bridgehead atoms. The first-order chi connectivity index (χ1) is 13.5. The van der Waals surface area contributed by atoms with Gasteiger partial charge in [0.2, 0.25) is 0 Å². The van der Waals surface area contributed by atoms with Crippen LogP contribution in [0.4, 0.5) is 0 Å². The molecule has 0 aliphatic carbocycles. The van der Waals surface area contributed by atoms with E-state index in [9.17, 15) is 4.79 Å². The Morgan fingerprint density at radius 2 is 1.93 bits per heavy atom. The molecule has 0 aliphatic rings. The zero-order valence-corrected chi connectivity index (χ0v) is 16.3. The standard InChI is InChI=1S/C21H22N6O/c1-13-10-14(2)27-20(23-13)17(12-22-27)21(28)26(4)15(3)18-11-19(25-24-18)16-8-6-5-7-9-16/h5-12,15H,1-4H3,(H,24,25). The van der Waals surface area contributed by atoms with Gasteiger partial charge in [-0.3, -0.25) is 9.89 Å². The highest BCUT2D eigenvalue weighted by Crippen LogP contribution is 2.25. The van der Waals surface area contributed by atoms with Gasteiger partial charge in [-0.05, 0) is 32.9 Å². The smallest absolute Gasteiger partial charge is 0.259 e. The van der Waals surface area contributed by atoms with Gasteiger partial charge in [-0.15, -0.1) is 0 Å². The Labute approximate surface area is 163 Å². The molecule has 7 nitrogen and oxygen atoms in total. The second-order valence-electron chi connectivity index (χ2n) is 7.00. The van der Waals surface area contributed by atoms with Crippen molar-refractivity contribution in [2.45, 2.75) is 26.8 Å². The summed E-state index contributed by atoms with van der Waals surface area (Å²) in [7, 11) is 1.78. The first-order valence-electron chi connectivity index (χ1n) is 9.15. The second kappa shape index (κ2) is 6.92. The number of fused-ring (bicyclic) bond motifs is 1. The van der Waals surface area contributed by atoms with Gasteiger partial charge >= 0.3 is 0 Å². The fourth-order valence-electron chi connectivity index (χ4n) is 3.30. The van der Waals surface area contributed by atoms with E-state index in [1.165, 1.54) is 0 Å². The number of carbonyl (C=O) groups is 1. The number of aromatic amines is 1. The summed E-state index contributed by atoms with van der Waals surface area (Å²) in [6.45, 7) is 5.83. The van der Waals surface area contributed by atoms with Crippen molar-refractivity contribution in [1.82, 2.24) is 29.7 Å². The maximum Gasteiger partial charge on any atom is 0.259 e. The number of nitrogens with one attached hydrogen (secondary N) is 1. The average Bonchev–Trinajstić information content (AvgIpc) is 3.34. The molecular formula is C21H22N6O. The van der Waals surface area contributed by atoms with Crippen molar-refractivity contribution < 1.29 is 4.79 Å². The molecule has 4 rings (SSSR count). The number of amides is 1. The van der Waals surface area contributed by atoms with E-state index in [1.807, 2.05) is 63.2 Å². The van der Waals surface area contributed by atoms with Gasteiger partial charge in [0, 0.05) is 24.0 Å². The van der Waals surface area contributed by atoms with Gasteiger partial charge in [0.05, 0.1) is 23.6 Å². The van der Waals surface area contributed by atoms with Crippen molar-refractivity contribution in [2.75, 3.05) is 7.05 Å². The first-order valence-corrected chi connectivity index (χ1v) is 9.15. The molecule has 0 aliphatic heterocycles. The molecule has 1 amide bonds. The van der Waals surface area contributed by atoms with Crippen LogP contribution in [0.25, 0.3) is 16.9 Å². The highest BCUT2D eigenvalue weighted by Gasteiger charge is 2.24. The van der Waals surface area contributed by atoms with Crippen LogP contribution >= 0.6 is 0 Å². The van der Waals surface area contributed by atoms with E-state index in [0.29, 0.717) is 11.2 Å². The number of aryl methyl sites for hydroxylation is 2. The van der Waals surface area contributed by atoms with Crippen LogP contribution in [0, 0.1) is 13.8 Å². The van der Waals surface area contributed by atoms with Gasteiger partial charge in [0.15, 0.2) is 5.65 Å². The molecule has 1 aromatic carbocycles. The molecule has 1 atom stereocenters. The van der Waals surface area contributed by atoms with E-state index in [0.717, 1.165) is 28.3 Å². The van der Waals surface area contributed by atoms with Gasteiger partial charge < -0.3 is 4.90 Å². The van der Waals surface area contributed by atoms with Crippen molar-refractivity contribution in [1.29, 1.82) is 0 Å². The Balaban J connectivity index is 1.62. The summed E-state index contributed by atoms with van der Waals surface area (Å²) in [4.78, 5) is 19.3. The van der Waals surface area contributed by atoms with Crippen LogP contribution in [-0.2, 0) is 0 Å². The summed E-state index contributed by atoms with van der Waals surface area (Å²) >= 11 is 0. The minimum atomic E-state index is -0.182. The molecule has 0 radical (unpaired) electrons. The molecule has 1 N–H and O–H groups in total. The van der Waals surface area contributed by atoms with Crippen molar-refractivity contribution in [2.24, 2.45) is 0 Å². The van der Waals surface area contributed by atoms with Crippen LogP contribution in [0.3, 0.4) is 0 Å². The van der Waals surface area contributed by atoms with Crippen molar-refractivity contribution in [3.8, 4) is 11.3 Å². The molecule has 0 saturated heterocycles. The van der Waals surface area contributed by atoms with Gasteiger partial charge in [0.25, 0.3) is 5.91 Å². The second-order valence-corrected chi connectivity index (χ2v) is 7.00. The van der Waals surface area contributed by atoms with Gasteiger partial charge in [-0.2, -0.15) is 10.2 Å². The number of H-pyrrole nitrogens is 1. The predicted molar refractivity (Wildman–Crippen MR) is 107 cm³/mol. The highest BCUT2D eigenvalue weighted by atomic mass is 16.2. The average molecular weight is 374 g/mol. The summed E-state index contributed by atoms with van der Waals surface area (Å²) in [6.07, 6.45) is 1.59. The lowest BCUT2D eigenvalue weighted by Crippen LogP contribution is -2.30. The number of carbonyl (C=O) groups excluding carboxylic acids is 1. The maximum absolute atomic E-state index is 13.1. The molecule has 0 saturated carbocycles. The number of hydrogen-bond donors (Lipinski definition) is 1. The Kier molecular flexibility index (Phi) is 4.43. The van der Waals surface area contributed by atoms with Crippen molar-refractivity contribution in [3.05, 3.63) is 71.3 Å². The lowest BCUT2D eigenvalue weighted by atomic mass is 10.1. The Bertz CT molecular complexity index is 1140. The van der Waals surface area contributed by atoms with Crippen LogP contribution in [0.1, 0.15) is 40.4 Å². The normalized spacial score (nSPS) is 12.3. The van der Waals surface area contributed by atoms with Crippen LogP contribution in [0.15, 0.2) is 48.7 Å². The number of rotatable bonds is 4. The van der Waals surface area contributed by atoms with Crippen molar-refractivity contribution >= 4 is 11.6 Å². The minimum Gasteiger partial charge on any atom is -0.333 e. The molecule has 0 fully saturated rings. The summed E-state index contributed by atoms with van der Waals surface area (Å²) in [5.74, 6) is -0.129. The molecule has 4 aromatic rings. The van der Waals surface area contributed by atoms with Gasteiger partial charge in [-0.25, -0.2) is 9.50 Å². The van der Waals surface area contributed by atoms with Crippen LogP contribution in [0.5, 0.6) is 0 Å². The number of aromatic nitrogens is 5. The van der Waals surface area contributed by atoms with Crippen LogP contribution in [-0.4, -0.2) is 42.7 Å². The molecule has 142 valence electrons. The quantitative estimate of drug-likeness (QED) is 0.592. The lowest BCUT2D eigenvalue weighted by molar-refractivity contribution is 0.0741. The predicted octanol–water partition coefficient (Wildman–Crippen LogP) is 3.57. The van der Waals surface area contributed by atoms with E-state index in [2.05, 4.69) is 20.3 Å². The van der Waals surface area contributed by atoms with Crippen molar-refractivity contribution in [3.63, 3.8) is 0 Å². The summed E-state index contributed by atoms with van der Waals surface area (Å²) < 4.78 is 1.70. The highest BCUT2D eigenvalue weighted by molar-refractivity contribution is 5.99. The summed E-state index contributed by atoms with van der Waals surface area (Å²) in [6, 6.07) is 13.7. The van der Waals surface area contributed by atoms with E-state index in [4.69, 9.17) is 0 Å². The number of benzene rings is 1. The fourth-order valence-corrected chi connectivity index (χ4v) is 3.30. The van der Waals surface area contributed by atoms with Gasteiger partial charge in [0.1, 0.15) is 5.56 Å². The number of nitrogens with zero attached hydrogens (tertiary/aromatic N) is 5. The molecule has 3 aromatic heterocycles. The minimum absolute atomic E-state index is 0.129. The van der Waals surface area contributed by atoms with E-state index in [1.54, 1.807) is 22.7 Å². The molecule has 0 spiro atoms. The third-order valence-corrected chi connectivity index (χ3v) is 5.03. The Hall–Kier alpha value is -3.48. The summed E-state index contributed by atoms with van der Waals surface area (Å²) in [5.41, 5.74) is 5.62. The Morgan fingerprint density at radius 1 is 1.18 bits per heavy atom.